The highest BCUT2D eigenvalue weighted by atomic mass is 35.5. The average molecular weight is 294 g/mol. The van der Waals surface area contributed by atoms with Crippen molar-refractivity contribution in [3.63, 3.8) is 0 Å². The molecule has 3 nitrogen and oxygen atoms in total. The number of pyridine rings is 1. The molecule has 0 aliphatic carbocycles. The van der Waals surface area contributed by atoms with Crippen molar-refractivity contribution < 1.29 is 9.90 Å². The number of carboxylic acid groups (broad SMARTS) is 1. The van der Waals surface area contributed by atoms with E-state index < -0.39 is 5.97 Å². The van der Waals surface area contributed by atoms with Crippen molar-refractivity contribution in [2.75, 3.05) is 0 Å². The molecule has 0 fully saturated rings. The minimum absolute atomic E-state index is 0.0923. The summed E-state index contributed by atoms with van der Waals surface area (Å²) in [5, 5.41) is 10.1. The van der Waals surface area contributed by atoms with E-state index in [2.05, 4.69) is 4.98 Å². The van der Waals surface area contributed by atoms with E-state index in [0.717, 1.165) is 0 Å². The molecule has 0 aliphatic rings. The highest BCUT2D eigenvalue weighted by molar-refractivity contribution is 6.37. The van der Waals surface area contributed by atoms with Crippen molar-refractivity contribution in [3.8, 4) is 0 Å². The van der Waals surface area contributed by atoms with Crippen molar-refractivity contribution in [2.45, 2.75) is 0 Å². The lowest BCUT2D eigenvalue weighted by molar-refractivity contribution is -0.130. The first-order valence-corrected chi connectivity index (χ1v) is 6.14. The Morgan fingerprint density at radius 3 is 2.63 bits per heavy atom. The lowest BCUT2D eigenvalue weighted by atomic mass is 10.0. The Kier molecular flexibility index (Phi) is 4.20. The molecule has 0 saturated carbocycles. The number of nitrogens with zero attached hydrogens (tertiary/aromatic N) is 1. The lowest BCUT2D eigenvalue weighted by Gasteiger charge is -2.06. The summed E-state index contributed by atoms with van der Waals surface area (Å²) in [7, 11) is 0. The van der Waals surface area contributed by atoms with Gasteiger partial charge in [-0.1, -0.05) is 35.3 Å². The zero-order valence-electron chi connectivity index (χ0n) is 9.68. The van der Waals surface area contributed by atoms with Gasteiger partial charge in [0.1, 0.15) is 0 Å². The molecule has 0 atom stereocenters. The minimum atomic E-state index is -1.06. The van der Waals surface area contributed by atoms with Crippen molar-refractivity contribution >= 4 is 40.8 Å². The van der Waals surface area contributed by atoms with Crippen LogP contribution < -0.4 is 0 Å². The summed E-state index contributed by atoms with van der Waals surface area (Å²) < 4.78 is 0. The summed E-state index contributed by atoms with van der Waals surface area (Å²) in [6.45, 7) is 0. The van der Waals surface area contributed by atoms with Crippen LogP contribution in [-0.2, 0) is 4.79 Å². The van der Waals surface area contributed by atoms with Gasteiger partial charge in [-0.05, 0) is 29.8 Å². The number of carbonyl (C=O) groups is 1. The Morgan fingerprint density at radius 1 is 1.26 bits per heavy atom. The number of aromatic nitrogens is 1. The maximum Gasteiger partial charge on any atom is 0.336 e. The van der Waals surface area contributed by atoms with Crippen LogP contribution in [-0.4, -0.2) is 16.1 Å². The quantitative estimate of drug-likeness (QED) is 0.870. The monoisotopic (exact) mass is 293 g/mol. The van der Waals surface area contributed by atoms with E-state index in [-0.39, 0.29) is 5.57 Å². The predicted molar refractivity (Wildman–Crippen MR) is 76.2 cm³/mol. The number of carboxylic acids is 1. The summed E-state index contributed by atoms with van der Waals surface area (Å²) in [5.41, 5.74) is 1.20. The molecule has 0 saturated heterocycles. The van der Waals surface area contributed by atoms with E-state index in [1.54, 1.807) is 36.7 Å². The molecule has 1 N–H and O–H groups in total. The number of hydrogen-bond donors (Lipinski definition) is 1. The fourth-order valence-electron chi connectivity index (χ4n) is 1.59. The molecule has 0 unspecified atom stereocenters. The van der Waals surface area contributed by atoms with Crippen LogP contribution in [0.25, 0.3) is 11.6 Å². The smallest absolute Gasteiger partial charge is 0.336 e. The Bertz CT molecular complexity index is 639. The number of benzene rings is 1. The van der Waals surface area contributed by atoms with Gasteiger partial charge in [0.15, 0.2) is 0 Å². The topological polar surface area (TPSA) is 50.2 Å². The van der Waals surface area contributed by atoms with Gasteiger partial charge in [-0.25, -0.2) is 4.79 Å². The van der Waals surface area contributed by atoms with Crippen LogP contribution >= 0.6 is 23.2 Å². The van der Waals surface area contributed by atoms with E-state index >= 15 is 0 Å². The van der Waals surface area contributed by atoms with Crippen LogP contribution in [0.15, 0.2) is 42.7 Å². The maximum absolute atomic E-state index is 11.4. The number of halogens is 2. The zero-order valence-corrected chi connectivity index (χ0v) is 11.2. The van der Waals surface area contributed by atoms with Crippen molar-refractivity contribution in [2.24, 2.45) is 0 Å². The molecule has 1 heterocycles. The van der Waals surface area contributed by atoms with E-state index in [0.29, 0.717) is 21.2 Å². The first-order valence-electron chi connectivity index (χ1n) is 5.38. The lowest BCUT2D eigenvalue weighted by Crippen LogP contribution is -2.00. The molecule has 96 valence electrons. The van der Waals surface area contributed by atoms with Crippen LogP contribution in [0.2, 0.25) is 10.0 Å². The molecular weight excluding hydrogens is 285 g/mol. The van der Waals surface area contributed by atoms with Crippen molar-refractivity contribution in [1.29, 1.82) is 0 Å². The fourth-order valence-corrected chi connectivity index (χ4v) is 2.10. The highest BCUT2D eigenvalue weighted by Crippen LogP contribution is 2.28. The van der Waals surface area contributed by atoms with Crippen LogP contribution in [0, 0.1) is 0 Å². The Labute approximate surface area is 120 Å². The molecule has 1 aromatic carbocycles. The molecule has 0 amide bonds. The largest absolute Gasteiger partial charge is 0.478 e. The maximum atomic E-state index is 11.4. The summed E-state index contributed by atoms with van der Waals surface area (Å²) in [6, 6.07) is 8.19. The van der Waals surface area contributed by atoms with Gasteiger partial charge >= 0.3 is 5.97 Å². The standard InChI is InChI=1S/C14H9Cl2NO2/c15-10-3-4-11(13(16)7-10)12(14(18)19)6-9-2-1-5-17-8-9/h1-8H,(H,18,19). The molecule has 1 aromatic heterocycles. The van der Waals surface area contributed by atoms with E-state index in [4.69, 9.17) is 23.2 Å². The minimum Gasteiger partial charge on any atom is -0.478 e. The van der Waals surface area contributed by atoms with Gasteiger partial charge in [-0.15, -0.1) is 0 Å². The molecule has 19 heavy (non-hydrogen) atoms. The Balaban J connectivity index is 2.52. The number of rotatable bonds is 3. The van der Waals surface area contributed by atoms with Crippen LogP contribution in [0.1, 0.15) is 11.1 Å². The van der Waals surface area contributed by atoms with E-state index in [1.165, 1.54) is 12.1 Å². The molecule has 2 aromatic rings. The number of aliphatic carboxylic acids is 1. The second-order valence-corrected chi connectivity index (χ2v) is 4.62. The third kappa shape index (κ3) is 3.34. The van der Waals surface area contributed by atoms with Gasteiger partial charge in [0.2, 0.25) is 0 Å². The van der Waals surface area contributed by atoms with Crippen LogP contribution in [0.3, 0.4) is 0 Å². The van der Waals surface area contributed by atoms with Gasteiger partial charge in [-0.3, -0.25) is 4.98 Å². The summed E-state index contributed by atoms with van der Waals surface area (Å²) >= 11 is 11.8. The van der Waals surface area contributed by atoms with Crippen LogP contribution in [0.5, 0.6) is 0 Å². The van der Waals surface area contributed by atoms with Gasteiger partial charge < -0.3 is 5.11 Å². The van der Waals surface area contributed by atoms with Gasteiger partial charge in [0.05, 0.1) is 10.6 Å². The second-order valence-electron chi connectivity index (χ2n) is 3.77. The van der Waals surface area contributed by atoms with E-state index in [1.807, 2.05) is 0 Å². The van der Waals surface area contributed by atoms with Crippen LogP contribution in [0.4, 0.5) is 0 Å². The molecule has 2 rings (SSSR count). The molecule has 0 spiro atoms. The first kappa shape index (κ1) is 13.6. The predicted octanol–water partition coefficient (Wildman–Crippen LogP) is 4.01. The summed E-state index contributed by atoms with van der Waals surface area (Å²) in [5.74, 6) is -1.06. The molecular formula is C14H9Cl2NO2. The van der Waals surface area contributed by atoms with Gasteiger partial charge in [0.25, 0.3) is 0 Å². The fraction of sp³-hybridized carbons (Fsp3) is 0. The molecule has 5 heteroatoms. The zero-order chi connectivity index (χ0) is 13.8. The summed E-state index contributed by atoms with van der Waals surface area (Å²) in [4.78, 5) is 15.3. The SMILES string of the molecule is O=C(O)C(=Cc1cccnc1)c1ccc(Cl)cc1Cl. The molecule has 0 radical (unpaired) electrons. The third-order valence-electron chi connectivity index (χ3n) is 2.45. The first-order chi connectivity index (χ1) is 9.08. The normalized spacial score (nSPS) is 11.4. The highest BCUT2D eigenvalue weighted by Gasteiger charge is 2.14. The average Bonchev–Trinajstić information content (AvgIpc) is 2.38. The molecule has 0 bridgehead atoms. The third-order valence-corrected chi connectivity index (χ3v) is 2.99. The van der Waals surface area contributed by atoms with Gasteiger partial charge in [-0.2, -0.15) is 0 Å². The van der Waals surface area contributed by atoms with E-state index in [9.17, 15) is 9.90 Å². The van der Waals surface area contributed by atoms with Crippen molar-refractivity contribution in [1.82, 2.24) is 4.98 Å². The Hall–Kier alpha value is -1.84. The number of hydrogen-bond acceptors (Lipinski definition) is 2. The second kappa shape index (κ2) is 5.87. The Morgan fingerprint density at radius 2 is 2.05 bits per heavy atom. The van der Waals surface area contributed by atoms with Gasteiger partial charge in [0, 0.05) is 23.0 Å². The molecule has 0 aliphatic heterocycles. The summed E-state index contributed by atoms with van der Waals surface area (Å²) in [6.07, 6.45) is 4.71. The van der Waals surface area contributed by atoms with Crippen molar-refractivity contribution in [3.05, 3.63) is 63.9 Å².